The van der Waals surface area contributed by atoms with E-state index in [-0.39, 0.29) is 0 Å². The van der Waals surface area contributed by atoms with Crippen molar-refractivity contribution < 1.29 is 4.74 Å². The highest BCUT2D eigenvalue weighted by molar-refractivity contribution is 9.10. The number of methoxy groups -OCH3 is 1. The summed E-state index contributed by atoms with van der Waals surface area (Å²) in [6.45, 7) is 4.14. The number of halogens is 1. The molecular weight excluding hydrogens is 292 g/mol. The Morgan fingerprint density at radius 3 is 2.83 bits per heavy atom. The van der Waals surface area contributed by atoms with Crippen molar-refractivity contribution in [3.63, 3.8) is 0 Å². The lowest BCUT2D eigenvalue weighted by Crippen LogP contribution is -2.36. The predicted octanol–water partition coefficient (Wildman–Crippen LogP) is 2.69. The molecule has 1 atom stereocenters. The standard InChI is InChI=1S/C14H21BrN2O/c1-10(8-17-12-4-5-12)16-9-11-3-6-14(18-2)13(15)7-11/h3,6-7,10,12,16-17H,4-5,8-9H2,1-2H3. The predicted molar refractivity (Wildman–Crippen MR) is 78.0 cm³/mol. The number of ether oxygens (including phenoxy) is 1. The molecule has 1 fully saturated rings. The van der Waals surface area contributed by atoms with E-state index in [0.717, 1.165) is 29.4 Å². The largest absolute Gasteiger partial charge is 0.496 e. The third-order valence-corrected chi connectivity index (χ3v) is 3.78. The highest BCUT2D eigenvalue weighted by Crippen LogP contribution is 2.25. The molecule has 0 spiro atoms. The van der Waals surface area contributed by atoms with Crippen LogP contribution in [0.25, 0.3) is 0 Å². The van der Waals surface area contributed by atoms with Crippen LogP contribution in [0.3, 0.4) is 0 Å². The van der Waals surface area contributed by atoms with Crippen molar-refractivity contribution in [2.45, 2.75) is 38.4 Å². The molecule has 4 heteroatoms. The Bertz CT molecular complexity index is 393. The van der Waals surface area contributed by atoms with Crippen LogP contribution in [0.2, 0.25) is 0 Å². The van der Waals surface area contributed by atoms with Gasteiger partial charge in [-0.25, -0.2) is 0 Å². The van der Waals surface area contributed by atoms with E-state index in [1.807, 2.05) is 6.07 Å². The van der Waals surface area contributed by atoms with Crippen molar-refractivity contribution in [3.05, 3.63) is 28.2 Å². The van der Waals surface area contributed by atoms with Crippen molar-refractivity contribution in [1.82, 2.24) is 10.6 Å². The second-order valence-corrected chi connectivity index (χ2v) is 5.79. The lowest BCUT2D eigenvalue weighted by Gasteiger charge is -2.15. The van der Waals surface area contributed by atoms with Gasteiger partial charge in [0.05, 0.1) is 11.6 Å². The van der Waals surface area contributed by atoms with Gasteiger partial charge in [-0.3, -0.25) is 0 Å². The molecule has 2 rings (SSSR count). The van der Waals surface area contributed by atoms with Gasteiger partial charge in [0.1, 0.15) is 5.75 Å². The topological polar surface area (TPSA) is 33.3 Å². The Morgan fingerprint density at radius 2 is 2.22 bits per heavy atom. The Balaban J connectivity index is 1.76. The third-order valence-electron chi connectivity index (χ3n) is 3.16. The maximum atomic E-state index is 5.22. The van der Waals surface area contributed by atoms with Gasteiger partial charge in [-0.1, -0.05) is 6.07 Å². The molecule has 0 aliphatic heterocycles. The smallest absolute Gasteiger partial charge is 0.133 e. The molecule has 0 amide bonds. The Kier molecular flexibility index (Phi) is 5.03. The molecule has 0 radical (unpaired) electrons. The highest BCUT2D eigenvalue weighted by atomic mass is 79.9. The quantitative estimate of drug-likeness (QED) is 0.812. The first-order chi connectivity index (χ1) is 8.69. The molecule has 0 heterocycles. The maximum absolute atomic E-state index is 5.22. The second-order valence-electron chi connectivity index (χ2n) is 4.93. The molecule has 1 aliphatic rings. The lowest BCUT2D eigenvalue weighted by atomic mass is 10.2. The second kappa shape index (κ2) is 6.55. The zero-order valence-electron chi connectivity index (χ0n) is 11.0. The Hall–Kier alpha value is -0.580. The molecule has 18 heavy (non-hydrogen) atoms. The van der Waals surface area contributed by atoms with Gasteiger partial charge in [-0.05, 0) is 53.4 Å². The van der Waals surface area contributed by atoms with E-state index in [0.29, 0.717) is 6.04 Å². The Morgan fingerprint density at radius 1 is 1.44 bits per heavy atom. The van der Waals surface area contributed by atoms with Gasteiger partial charge in [-0.15, -0.1) is 0 Å². The lowest BCUT2D eigenvalue weighted by molar-refractivity contribution is 0.412. The summed E-state index contributed by atoms with van der Waals surface area (Å²) in [4.78, 5) is 0. The molecule has 100 valence electrons. The van der Waals surface area contributed by atoms with Gasteiger partial charge in [0, 0.05) is 25.2 Å². The molecule has 0 saturated heterocycles. The van der Waals surface area contributed by atoms with Crippen LogP contribution >= 0.6 is 15.9 Å². The summed E-state index contributed by atoms with van der Waals surface area (Å²) in [6.07, 6.45) is 2.69. The van der Waals surface area contributed by atoms with Crippen LogP contribution in [-0.4, -0.2) is 25.7 Å². The van der Waals surface area contributed by atoms with Gasteiger partial charge in [0.25, 0.3) is 0 Å². The number of hydrogen-bond acceptors (Lipinski definition) is 3. The molecule has 1 aromatic carbocycles. The van der Waals surface area contributed by atoms with E-state index in [1.54, 1.807) is 7.11 Å². The van der Waals surface area contributed by atoms with E-state index >= 15 is 0 Å². The van der Waals surface area contributed by atoms with Crippen LogP contribution in [0.5, 0.6) is 5.75 Å². The van der Waals surface area contributed by atoms with Crippen molar-refractivity contribution in [1.29, 1.82) is 0 Å². The number of hydrogen-bond donors (Lipinski definition) is 2. The monoisotopic (exact) mass is 312 g/mol. The van der Waals surface area contributed by atoms with Gasteiger partial charge < -0.3 is 15.4 Å². The number of rotatable bonds is 7. The van der Waals surface area contributed by atoms with Crippen LogP contribution in [0.4, 0.5) is 0 Å². The third kappa shape index (κ3) is 4.26. The van der Waals surface area contributed by atoms with Gasteiger partial charge in [0.2, 0.25) is 0 Å². The van der Waals surface area contributed by atoms with E-state index in [4.69, 9.17) is 4.74 Å². The van der Waals surface area contributed by atoms with Crippen LogP contribution in [0.15, 0.2) is 22.7 Å². The van der Waals surface area contributed by atoms with Gasteiger partial charge in [0.15, 0.2) is 0 Å². The molecule has 1 unspecified atom stereocenters. The summed E-state index contributed by atoms with van der Waals surface area (Å²) in [5.74, 6) is 0.877. The average molecular weight is 313 g/mol. The molecule has 3 nitrogen and oxygen atoms in total. The average Bonchev–Trinajstić information content (AvgIpc) is 3.18. The van der Waals surface area contributed by atoms with Crippen LogP contribution in [-0.2, 0) is 6.54 Å². The SMILES string of the molecule is COc1ccc(CNC(C)CNC2CC2)cc1Br. The fourth-order valence-electron chi connectivity index (χ4n) is 1.81. The number of benzene rings is 1. The van der Waals surface area contributed by atoms with Crippen molar-refractivity contribution in [2.24, 2.45) is 0 Å². The molecule has 0 aromatic heterocycles. The van der Waals surface area contributed by atoms with Crippen LogP contribution in [0.1, 0.15) is 25.3 Å². The maximum Gasteiger partial charge on any atom is 0.133 e. The number of nitrogens with one attached hydrogen (secondary N) is 2. The highest BCUT2D eigenvalue weighted by Gasteiger charge is 2.20. The molecular formula is C14H21BrN2O. The summed E-state index contributed by atoms with van der Waals surface area (Å²) in [7, 11) is 1.68. The molecule has 1 saturated carbocycles. The molecule has 1 aliphatic carbocycles. The van der Waals surface area contributed by atoms with Gasteiger partial charge in [-0.2, -0.15) is 0 Å². The van der Waals surface area contributed by atoms with Crippen molar-refractivity contribution in [2.75, 3.05) is 13.7 Å². The molecule has 0 bridgehead atoms. The summed E-state index contributed by atoms with van der Waals surface area (Å²) >= 11 is 3.51. The van der Waals surface area contributed by atoms with E-state index in [1.165, 1.54) is 18.4 Å². The summed E-state index contributed by atoms with van der Waals surface area (Å²) in [5, 5.41) is 7.05. The Labute approximate surface area is 117 Å². The summed E-state index contributed by atoms with van der Waals surface area (Å²) < 4.78 is 6.23. The summed E-state index contributed by atoms with van der Waals surface area (Å²) in [5.41, 5.74) is 1.26. The first-order valence-electron chi connectivity index (χ1n) is 6.48. The van der Waals surface area contributed by atoms with Gasteiger partial charge >= 0.3 is 0 Å². The first-order valence-corrected chi connectivity index (χ1v) is 7.27. The van der Waals surface area contributed by atoms with Crippen molar-refractivity contribution in [3.8, 4) is 5.75 Å². The minimum Gasteiger partial charge on any atom is -0.496 e. The van der Waals surface area contributed by atoms with E-state index in [9.17, 15) is 0 Å². The fourth-order valence-corrected chi connectivity index (χ4v) is 2.40. The molecule has 1 aromatic rings. The molecule has 2 N–H and O–H groups in total. The minimum atomic E-state index is 0.492. The van der Waals surface area contributed by atoms with Crippen LogP contribution in [0, 0.1) is 0 Å². The van der Waals surface area contributed by atoms with Crippen molar-refractivity contribution >= 4 is 15.9 Å². The zero-order chi connectivity index (χ0) is 13.0. The summed E-state index contributed by atoms with van der Waals surface area (Å²) in [6, 6.07) is 7.47. The van der Waals surface area contributed by atoms with E-state index < -0.39 is 0 Å². The normalized spacial score (nSPS) is 16.6. The van der Waals surface area contributed by atoms with Crippen LogP contribution < -0.4 is 15.4 Å². The van der Waals surface area contributed by atoms with E-state index in [2.05, 4.69) is 45.6 Å². The minimum absolute atomic E-state index is 0.492. The fraction of sp³-hybridized carbons (Fsp3) is 0.571. The zero-order valence-corrected chi connectivity index (χ0v) is 12.6. The first kappa shape index (κ1) is 13.8.